The van der Waals surface area contributed by atoms with Gasteiger partial charge in [-0.3, -0.25) is 10.1 Å². The number of aryl methyl sites for hydroxylation is 2. The van der Waals surface area contributed by atoms with Crippen molar-refractivity contribution in [1.82, 2.24) is 14.7 Å². The molecule has 7 heteroatoms. The maximum absolute atomic E-state index is 11.1. The Hall–Kier alpha value is -1.63. The molecule has 0 radical (unpaired) electrons. The standard InChI is InChI=1S/C11H21N5O2/c1-6-15-11(12-7-8(2)14(4)5)10(16(17)18)9(3)13-15/h8,12H,6-7H2,1-5H3. The van der Waals surface area contributed by atoms with Crippen molar-refractivity contribution in [1.29, 1.82) is 0 Å². The Morgan fingerprint density at radius 3 is 2.61 bits per heavy atom. The van der Waals surface area contributed by atoms with Crippen LogP contribution in [0.2, 0.25) is 0 Å². The third kappa shape index (κ3) is 2.98. The van der Waals surface area contributed by atoms with Crippen LogP contribution < -0.4 is 5.32 Å². The van der Waals surface area contributed by atoms with Crippen LogP contribution in [0.1, 0.15) is 19.5 Å². The summed E-state index contributed by atoms with van der Waals surface area (Å²) in [6.07, 6.45) is 0. The van der Waals surface area contributed by atoms with E-state index in [-0.39, 0.29) is 16.7 Å². The first kappa shape index (κ1) is 14.4. The van der Waals surface area contributed by atoms with E-state index >= 15 is 0 Å². The smallest absolute Gasteiger partial charge is 0.333 e. The second-order valence-electron chi connectivity index (χ2n) is 4.55. The molecule has 1 rings (SSSR count). The average molecular weight is 255 g/mol. The molecule has 1 aromatic rings. The normalized spacial score (nSPS) is 12.8. The van der Waals surface area contributed by atoms with Crippen molar-refractivity contribution in [2.45, 2.75) is 33.4 Å². The van der Waals surface area contributed by atoms with Crippen molar-refractivity contribution in [2.75, 3.05) is 26.0 Å². The molecular weight excluding hydrogens is 234 g/mol. The minimum absolute atomic E-state index is 0.0720. The van der Waals surface area contributed by atoms with Crippen LogP contribution in [-0.4, -0.2) is 46.3 Å². The number of hydrogen-bond acceptors (Lipinski definition) is 5. The highest BCUT2D eigenvalue weighted by Crippen LogP contribution is 2.28. The number of anilines is 1. The van der Waals surface area contributed by atoms with E-state index < -0.39 is 0 Å². The minimum atomic E-state index is -0.378. The maximum atomic E-state index is 11.1. The quantitative estimate of drug-likeness (QED) is 0.615. The highest BCUT2D eigenvalue weighted by Gasteiger charge is 2.24. The van der Waals surface area contributed by atoms with Crippen molar-refractivity contribution >= 4 is 11.5 Å². The van der Waals surface area contributed by atoms with Crippen LogP contribution in [0.5, 0.6) is 0 Å². The van der Waals surface area contributed by atoms with Gasteiger partial charge in [0.25, 0.3) is 0 Å². The third-order valence-corrected chi connectivity index (χ3v) is 3.02. The summed E-state index contributed by atoms with van der Waals surface area (Å²) >= 11 is 0. The van der Waals surface area contributed by atoms with Crippen LogP contribution in [0.25, 0.3) is 0 Å². The third-order valence-electron chi connectivity index (χ3n) is 3.02. The lowest BCUT2D eigenvalue weighted by molar-refractivity contribution is -0.384. The van der Waals surface area contributed by atoms with Gasteiger partial charge >= 0.3 is 5.69 Å². The molecule has 0 spiro atoms. The number of hydrogen-bond donors (Lipinski definition) is 1. The van der Waals surface area contributed by atoms with Gasteiger partial charge in [-0.05, 0) is 34.9 Å². The number of nitro groups is 1. The first-order valence-electron chi connectivity index (χ1n) is 6.00. The molecule has 0 bridgehead atoms. The van der Waals surface area contributed by atoms with Gasteiger partial charge in [-0.2, -0.15) is 5.10 Å². The van der Waals surface area contributed by atoms with Crippen molar-refractivity contribution in [3.05, 3.63) is 15.8 Å². The Morgan fingerprint density at radius 1 is 1.56 bits per heavy atom. The van der Waals surface area contributed by atoms with Crippen LogP contribution in [-0.2, 0) is 6.54 Å². The van der Waals surface area contributed by atoms with Crippen molar-refractivity contribution in [3.8, 4) is 0 Å². The van der Waals surface area contributed by atoms with Crippen molar-refractivity contribution in [3.63, 3.8) is 0 Å². The lowest BCUT2D eigenvalue weighted by Crippen LogP contribution is -2.32. The van der Waals surface area contributed by atoms with Gasteiger partial charge in [0.1, 0.15) is 5.69 Å². The van der Waals surface area contributed by atoms with Gasteiger partial charge in [-0.1, -0.05) is 0 Å². The highest BCUT2D eigenvalue weighted by molar-refractivity contribution is 5.59. The number of nitrogens with zero attached hydrogens (tertiary/aromatic N) is 4. The van der Waals surface area contributed by atoms with Crippen molar-refractivity contribution < 1.29 is 4.92 Å². The molecule has 0 amide bonds. The van der Waals surface area contributed by atoms with Gasteiger partial charge in [0.2, 0.25) is 5.82 Å². The molecule has 102 valence electrons. The van der Waals surface area contributed by atoms with Crippen LogP contribution in [0.4, 0.5) is 11.5 Å². The molecule has 1 unspecified atom stereocenters. The SMILES string of the molecule is CCn1nc(C)c([N+](=O)[O-])c1NCC(C)N(C)C. The fourth-order valence-corrected chi connectivity index (χ4v) is 1.62. The molecule has 0 aliphatic heterocycles. The van der Waals surface area contributed by atoms with Crippen LogP contribution in [0.15, 0.2) is 0 Å². The monoisotopic (exact) mass is 255 g/mol. The zero-order valence-electron chi connectivity index (χ0n) is 11.6. The van der Waals surface area contributed by atoms with Crippen LogP contribution >= 0.6 is 0 Å². The second kappa shape index (κ2) is 5.81. The first-order valence-corrected chi connectivity index (χ1v) is 6.00. The Morgan fingerprint density at radius 2 is 2.17 bits per heavy atom. The summed E-state index contributed by atoms with van der Waals surface area (Å²) in [5, 5.41) is 18.4. The molecule has 0 aromatic carbocycles. The van der Waals surface area contributed by atoms with E-state index in [4.69, 9.17) is 0 Å². The van der Waals surface area contributed by atoms with E-state index in [1.54, 1.807) is 11.6 Å². The van der Waals surface area contributed by atoms with E-state index in [1.165, 1.54) is 0 Å². The van der Waals surface area contributed by atoms with E-state index in [0.29, 0.717) is 24.6 Å². The fourth-order valence-electron chi connectivity index (χ4n) is 1.62. The van der Waals surface area contributed by atoms with Crippen LogP contribution in [0.3, 0.4) is 0 Å². The number of rotatable bonds is 6. The summed E-state index contributed by atoms with van der Waals surface area (Å²) in [4.78, 5) is 12.7. The molecule has 1 atom stereocenters. The summed E-state index contributed by atoms with van der Waals surface area (Å²) in [6, 6.07) is 0.283. The highest BCUT2D eigenvalue weighted by atomic mass is 16.6. The summed E-state index contributed by atoms with van der Waals surface area (Å²) in [5.74, 6) is 0.494. The average Bonchev–Trinajstić information content (AvgIpc) is 2.61. The molecule has 0 saturated carbocycles. The Labute approximate surface area is 107 Å². The Bertz CT molecular complexity index is 427. The topological polar surface area (TPSA) is 76.2 Å². The molecule has 0 fully saturated rings. The van der Waals surface area contributed by atoms with E-state index in [2.05, 4.69) is 22.2 Å². The summed E-state index contributed by atoms with van der Waals surface area (Å²) in [7, 11) is 3.95. The molecule has 18 heavy (non-hydrogen) atoms. The molecule has 0 aliphatic rings. The van der Waals surface area contributed by atoms with Crippen molar-refractivity contribution in [2.24, 2.45) is 0 Å². The molecule has 1 aromatic heterocycles. The van der Waals surface area contributed by atoms with Gasteiger partial charge < -0.3 is 10.2 Å². The molecule has 0 aliphatic carbocycles. The summed E-state index contributed by atoms with van der Waals surface area (Å²) in [6.45, 7) is 6.87. The zero-order chi connectivity index (χ0) is 13.9. The Balaban J connectivity index is 2.95. The predicted octanol–water partition coefficient (Wildman–Crippen LogP) is 1.48. The van der Waals surface area contributed by atoms with Gasteiger partial charge in [0, 0.05) is 19.1 Å². The summed E-state index contributed by atoms with van der Waals surface area (Å²) in [5.41, 5.74) is 0.518. The number of nitrogens with one attached hydrogen (secondary N) is 1. The van der Waals surface area contributed by atoms with E-state index in [1.807, 2.05) is 21.0 Å². The molecule has 7 nitrogen and oxygen atoms in total. The number of likely N-dealkylation sites (N-methyl/N-ethyl adjacent to an activating group) is 1. The lowest BCUT2D eigenvalue weighted by atomic mass is 10.3. The minimum Gasteiger partial charge on any atom is -0.363 e. The molecule has 1 heterocycles. The van der Waals surface area contributed by atoms with Gasteiger partial charge in [0.05, 0.1) is 4.92 Å². The maximum Gasteiger partial charge on any atom is 0.333 e. The lowest BCUT2D eigenvalue weighted by Gasteiger charge is -2.20. The Kier molecular flexibility index (Phi) is 4.66. The summed E-state index contributed by atoms with van der Waals surface area (Å²) < 4.78 is 1.63. The predicted molar refractivity (Wildman–Crippen MR) is 70.9 cm³/mol. The van der Waals surface area contributed by atoms with Gasteiger partial charge in [-0.15, -0.1) is 0 Å². The zero-order valence-corrected chi connectivity index (χ0v) is 11.6. The van der Waals surface area contributed by atoms with Gasteiger partial charge in [-0.25, -0.2) is 4.68 Å². The number of aromatic nitrogens is 2. The van der Waals surface area contributed by atoms with Crippen LogP contribution in [0, 0.1) is 17.0 Å². The van der Waals surface area contributed by atoms with E-state index in [9.17, 15) is 10.1 Å². The first-order chi connectivity index (χ1) is 8.38. The largest absolute Gasteiger partial charge is 0.363 e. The van der Waals surface area contributed by atoms with Gasteiger partial charge in [0.15, 0.2) is 0 Å². The molecular formula is C11H21N5O2. The van der Waals surface area contributed by atoms with E-state index in [0.717, 1.165) is 0 Å². The fraction of sp³-hybridized carbons (Fsp3) is 0.727. The second-order valence-corrected chi connectivity index (χ2v) is 4.55. The molecule has 0 saturated heterocycles. The molecule has 1 N–H and O–H groups in total.